The molecule has 0 atom stereocenters. The van der Waals surface area contributed by atoms with Crippen LogP contribution >= 0.6 is 11.6 Å². The minimum Gasteiger partial charge on any atom is -0.497 e. The summed E-state index contributed by atoms with van der Waals surface area (Å²) in [6.45, 7) is 0. The van der Waals surface area contributed by atoms with Crippen LogP contribution in [-0.2, 0) is 4.79 Å². The number of hydrogen-bond donors (Lipinski definition) is 0. The zero-order valence-electron chi connectivity index (χ0n) is 14.2. The second-order valence-electron chi connectivity index (χ2n) is 5.87. The molecular weight excluding hydrogens is 336 g/mol. The summed E-state index contributed by atoms with van der Waals surface area (Å²) in [6, 6.07) is 13.1. The fraction of sp³-hybridized carbons (Fsp3) is 0.190. The van der Waals surface area contributed by atoms with Gasteiger partial charge in [-0.05, 0) is 60.4 Å². The van der Waals surface area contributed by atoms with Crippen molar-refractivity contribution in [3.8, 4) is 11.5 Å². The van der Waals surface area contributed by atoms with E-state index in [9.17, 15) is 4.79 Å². The molecule has 0 amide bonds. The van der Waals surface area contributed by atoms with Crippen LogP contribution in [0.3, 0.4) is 0 Å². The Morgan fingerprint density at radius 1 is 0.840 bits per heavy atom. The first-order chi connectivity index (χ1) is 12.1. The molecule has 3 nitrogen and oxygen atoms in total. The molecule has 0 aliphatic heterocycles. The number of carbonyl (C=O) groups excluding carboxylic acids is 1. The first kappa shape index (κ1) is 17.3. The van der Waals surface area contributed by atoms with Crippen molar-refractivity contribution < 1.29 is 14.3 Å². The van der Waals surface area contributed by atoms with Crippen molar-refractivity contribution in [3.63, 3.8) is 0 Å². The van der Waals surface area contributed by atoms with Gasteiger partial charge >= 0.3 is 0 Å². The van der Waals surface area contributed by atoms with Crippen molar-refractivity contribution in [1.82, 2.24) is 0 Å². The highest BCUT2D eigenvalue weighted by molar-refractivity contribution is 6.30. The molecule has 1 aliphatic carbocycles. The van der Waals surface area contributed by atoms with Crippen LogP contribution in [0.4, 0.5) is 0 Å². The highest BCUT2D eigenvalue weighted by Gasteiger charge is 2.23. The van der Waals surface area contributed by atoms with E-state index in [1.54, 1.807) is 14.2 Å². The molecule has 1 fully saturated rings. The lowest BCUT2D eigenvalue weighted by molar-refractivity contribution is -0.111. The van der Waals surface area contributed by atoms with Gasteiger partial charge in [0.15, 0.2) is 5.78 Å². The molecule has 1 saturated carbocycles. The van der Waals surface area contributed by atoms with E-state index < -0.39 is 0 Å². The lowest BCUT2D eigenvalue weighted by Crippen LogP contribution is -1.96. The Labute approximate surface area is 152 Å². The van der Waals surface area contributed by atoms with Crippen molar-refractivity contribution in [2.24, 2.45) is 0 Å². The molecule has 25 heavy (non-hydrogen) atoms. The maximum Gasteiger partial charge on any atom is 0.185 e. The van der Waals surface area contributed by atoms with Crippen molar-refractivity contribution >= 4 is 29.5 Å². The summed E-state index contributed by atoms with van der Waals surface area (Å²) >= 11 is 5.90. The van der Waals surface area contributed by atoms with Crippen LogP contribution in [0.25, 0.3) is 12.2 Å². The minimum atomic E-state index is 0.0942. The molecule has 0 N–H and O–H groups in total. The van der Waals surface area contributed by atoms with Crippen molar-refractivity contribution in [2.45, 2.75) is 12.8 Å². The second-order valence-corrected chi connectivity index (χ2v) is 6.30. The topological polar surface area (TPSA) is 35.5 Å². The summed E-state index contributed by atoms with van der Waals surface area (Å²) in [6.07, 6.45) is 5.33. The molecule has 0 unspecified atom stereocenters. The maximum atomic E-state index is 12.7. The highest BCUT2D eigenvalue weighted by atomic mass is 35.5. The number of halogens is 1. The lowest BCUT2D eigenvalue weighted by Gasteiger charge is -2.06. The van der Waals surface area contributed by atoms with E-state index in [0.29, 0.717) is 16.5 Å². The molecule has 4 heteroatoms. The zero-order chi connectivity index (χ0) is 17.8. The van der Waals surface area contributed by atoms with Crippen molar-refractivity contribution in [2.75, 3.05) is 14.2 Å². The maximum absolute atomic E-state index is 12.7. The predicted octanol–water partition coefficient (Wildman–Crippen LogP) is 5.19. The van der Waals surface area contributed by atoms with Crippen LogP contribution in [0.5, 0.6) is 11.5 Å². The number of carbonyl (C=O) groups is 1. The van der Waals surface area contributed by atoms with Crippen LogP contribution in [-0.4, -0.2) is 20.0 Å². The number of Topliss-reactive ketones (excluding diaryl/α,β-unsaturated/α-hetero) is 1. The minimum absolute atomic E-state index is 0.0942. The van der Waals surface area contributed by atoms with Crippen LogP contribution < -0.4 is 9.47 Å². The summed E-state index contributed by atoms with van der Waals surface area (Å²) in [5.41, 5.74) is 3.50. The molecule has 0 saturated heterocycles. The van der Waals surface area contributed by atoms with E-state index in [4.69, 9.17) is 21.1 Å². The van der Waals surface area contributed by atoms with Gasteiger partial charge in [0, 0.05) is 22.2 Å². The Kier molecular flexibility index (Phi) is 5.25. The van der Waals surface area contributed by atoms with Gasteiger partial charge in [0.05, 0.1) is 14.2 Å². The zero-order valence-corrected chi connectivity index (χ0v) is 15.0. The molecule has 3 rings (SSSR count). The number of ketones is 1. The summed E-state index contributed by atoms with van der Waals surface area (Å²) < 4.78 is 10.6. The second kappa shape index (κ2) is 7.58. The number of rotatable bonds is 4. The normalized spacial score (nSPS) is 17.3. The van der Waals surface area contributed by atoms with Gasteiger partial charge in [-0.2, -0.15) is 0 Å². The molecule has 2 aromatic carbocycles. The summed E-state index contributed by atoms with van der Waals surface area (Å²) in [4.78, 5) is 12.7. The van der Waals surface area contributed by atoms with Crippen LogP contribution in [0.15, 0.2) is 53.6 Å². The Hall–Kier alpha value is -2.52. The number of ether oxygens (including phenoxy) is 2. The number of allylic oxidation sites excluding steroid dienone is 2. The average Bonchev–Trinajstić information content (AvgIpc) is 2.96. The SMILES string of the molecule is COc1cc(/C=C2\CC/C(=C\c3ccc(Cl)cc3)C2=O)cc(OC)c1. The molecule has 0 aromatic heterocycles. The molecule has 0 radical (unpaired) electrons. The van der Waals surface area contributed by atoms with E-state index in [1.807, 2.05) is 54.6 Å². The third kappa shape index (κ3) is 4.12. The van der Waals surface area contributed by atoms with Gasteiger partial charge in [-0.15, -0.1) is 0 Å². The van der Waals surface area contributed by atoms with Gasteiger partial charge in [0.2, 0.25) is 0 Å². The summed E-state index contributed by atoms with van der Waals surface area (Å²) in [5.74, 6) is 1.50. The highest BCUT2D eigenvalue weighted by Crippen LogP contribution is 2.31. The Bertz CT molecular complexity index is 826. The molecule has 0 heterocycles. The molecule has 0 bridgehead atoms. The van der Waals surface area contributed by atoms with Gasteiger partial charge in [-0.3, -0.25) is 4.79 Å². The van der Waals surface area contributed by atoms with Crippen molar-refractivity contribution in [1.29, 1.82) is 0 Å². The van der Waals surface area contributed by atoms with Gasteiger partial charge in [0.1, 0.15) is 11.5 Å². The quantitative estimate of drug-likeness (QED) is 0.709. The third-order valence-electron chi connectivity index (χ3n) is 4.17. The van der Waals surface area contributed by atoms with Gasteiger partial charge in [0.25, 0.3) is 0 Å². The number of hydrogen-bond acceptors (Lipinski definition) is 3. The molecule has 128 valence electrons. The molecule has 2 aromatic rings. The predicted molar refractivity (Wildman–Crippen MR) is 101 cm³/mol. The fourth-order valence-electron chi connectivity index (χ4n) is 2.85. The Morgan fingerprint density at radius 3 is 1.88 bits per heavy atom. The van der Waals surface area contributed by atoms with Crippen LogP contribution in [0, 0.1) is 0 Å². The van der Waals surface area contributed by atoms with E-state index in [1.165, 1.54) is 0 Å². The van der Waals surface area contributed by atoms with E-state index in [2.05, 4.69) is 0 Å². The van der Waals surface area contributed by atoms with E-state index in [-0.39, 0.29) is 5.78 Å². The van der Waals surface area contributed by atoms with Gasteiger partial charge < -0.3 is 9.47 Å². The first-order valence-electron chi connectivity index (χ1n) is 8.03. The average molecular weight is 355 g/mol. The van der Waals surface area contributed by atoms with Crippen LogP contribution in [0.2, 0.25) is 5.02 Å². The lowest BCUT2D eigenvalue weighted by atomic mass is 10.1. The third-order valence-corrected chi connectivity index (χ3v) is 4.42. The van der Waals surface area contributed by atoms with Crippen LogP contribution in [0.1, 0.15) is 24.0 Å². The van der Waals surface area contributed by atoms with Gasteiger partial charge in [-0.25, -0.2) is 0 Å². The number of benzene rings is 2. The number of methoxy groups -OCH3 is 2. The molecule has 0 spiro atoms. The first-order valence-corrected chi connectivity index (χ1v) is 8.41. The molecular formula is C21H19ClO3. The standard InChI is InChI=1S/C21H19ClO3/c1-24-19-11-15(12-20(13-19)25-2)10-17-6-5-16(21(17)23)9-14-3-7-18(22)8-4-14/h3-4,7-13H,5-6H2,1-2H3/b16-9+,17-10+. The summed E-state index contributed by atoms with van der Waals surface area (Å²) in [5, 5.41) is 0.687. The largest absolute Gasteiger partial charge is 0.497 e. The van der Waals surface area contributed by atoms with E-state index in [0.717, 1.165) is 35.1 Å². The Balaban J connectivity index is 1.86. The van der Waals surface area contributed by atoms with E-state index >= 15 is 0 Å². The monoisotopic (exact) mass is 354 g/mol. The fourth-order valence-corrected chi connectivity index (χ4v) is 2.98. The van der Waals surface area contributed by atoms with Gasteiger partial charge in [-0.1, -0.05) is 23.7 Å². The molecule has 1 aliphatic rings. The van der Waals surface area contributed by atoms with Crippen molar-refractivity contribution in [3.05, 3.63) is 69.8 Å². The Morgan fingerprint density at radius 2 is 1.36 bits per heavy atom. The smallest absolute Gasteiger partial charge is 0.185 e. The summed E-state index contributed by atoms with van der Waals surface area (Å²) in [7, 11) is 3.22.